The molecule has 1 atom stereocenters. The van der Waals surface area contributed by atoms with E-state index in [0.717, 1.165) is 17.1 Å². The van der Waals surface area contributed by atoms with Crippen LogP contribution in [-0.2, 0) is 6.54 Å². The number of hydrogen-bond donors (Lipinski definition) is 1. The van der Waals surface area contributed by atoms with Crippen molar-refractivity contribution in [3.63, 3.8) is 0 Å². The first-order valence-electron chi connectivity index (χ1n) is 5.93. The first-order valence-corrected chi connectivity index (χ1v) is 7.69. The lowest BCUT2D eigenvalue weighted by Gasteiger charge is -2.09. The SMILES string of the molecule is CC(NCc1ccsc1)c1nc2ccccc2s1. The standard InChI is InChI=1S/C14H14N2S2/c1-10(15-8-11-6-7-17-9-11)14-16-12-4-2-3-5-13(12)18-14/h2-7,9-10,15H,8H2,1H3. The monoisotopic (exact) mass is 274 g/mol. The number of fused-ring (bicyclic) bond motifs is 1. The minimum atomic E-state index is 0.294. The maximum Gasteiger partial charge on any atom is 0.111 e. The molecule has 4 heteroatoms. The van der Waals surface area contributed by atoms with E-state index in [4.69, 9.17) is 0 Å². The maximum absolute atomic E-state index is 4.67. The van der Waals surface area contributed by atoms with Crippen molar-refractivity contribution < 1.29 is 0 Å². The van der Waals surface area contributed by atoms with Gasteiger partial charge in [0.05, 0.1) is 16.3 Å². The molecule has 18 heavy (non-hydrogen) atoms. The van der Waals surface area contributed by atoms with Gasteiger partial charge in [-0.2, -0.15) is 11.3 Å². The van der Waals surface area contributed by atoms with Crippen LogP contribution < -0.4 is 5.32 Å². The lowest BCUT2D eigenvalue weighted by atomic mass is 10.3. The Bertz CT molecular complexity index is 595. The third-order valence-corrected chi connectivity index (χ3v) is 4.82. The summed E-state index contributed by atoms with van der Waals surface area (Å²) in [4.78, 5) is 4.67. The zero-order valence-corrected chi connectivity index (χ0v) is 11.7. The van der Waals surface area contributed by atoms with E-state index >= 15 is 0 Å². The van der Waals surface area contributed by atoms with Crippen molar-refractivity contribution in [1.82, 2.24) is 10.3 Å². The molecule has 0 saturated carbocycles. The van der Waals surface area contributed by atoms with Crippen LogP contribution in [0.4, 0.5) is 0 Å². The van der Waals surface area contributed by atoms with Crippen LogP contribution in [0.2, 0.25) is 0 Å². The summed E-state index contributed by atoms with van der Waals surface area (Å²) in [5.41, 5.74) is 2.44. The molecule has 0 spiro atoms. The van der Waals surface area contributed by atoms with E-state index < -0.39 is 0 Å². The summed E-state index contributed by atoms with van der Waals surface area (Å²) in [6.07, 6.45) is 0. The topological polar surface area (TPSA) is 24.9 Å². The van der Waals surface area contributed by atoms with Crippen LogP contribution in [0.15, 0.2) is 41.1 Å². The molecule has 2 aromatic heterocycles. The molecule has 0 amide bonds. The number of nitrogens with zero attached hydrogens (tertiary/aromatic N) is 1. The highest BCUT2D eigenvalue weighted by atomic mass is 32.1. The van der Waals surface area contributed by atoms with E-state index in [1.54, 1.807) is 22.7 Å². The fraction of sp³-hybridized carbons (Fsp3) is 0.214. The highest BCUT2D eigenvalue weighted by Crippen LogP contribution is 2.26. The van der Waals surface area contributed by atoms with Gasteiger partial charge in [-0.15, -0.1) is 11.3 Å². The van der Waals surface area contributed by atoms with Gasteiger partial charge < -0.3 is 5.32 Å². The number of thiazole rings is 1. The number of thiophene rings is 1. The summed E-state index contributed by atoms with van der Waals surface area (Å²) in [5, 5.41) is 8.96. The molecular formula is C14H14N2S2. The van der Waals surface area contributed by atoms with Crippen molar-refractivity contribution in [2.75, 3.05) is 0 Å². The van der Waals surface area contributed by atoms with Crippen molar-refractivity contribution in [1.29, 1.82) is 0 Å². The second-order valence-corrected chi connectivity index (χ2v) is 6.10. The number of nitrogens with one attached hydrogen (secondary N) is 1. The van der Waals surface area contributed by atoms with Gasteiger partial charge in [-0.25, -0.2) is 4.98 Å². The van der Waals surface area contributed by atoms with Crippen molar-refractivity contribution in [2.24, 2.45) is 0 Å². The summed E-state index contributed by atoms with van der Waals surface area (Å²) in [7, 11) is 0. The summed E-state index contributed by atoms with van der Waals surface area (Å²) in [6, 6.07) is 10.7. The van der Waals surface area contributed by atoms with E-state index in [2.05, 4.69) is 52.3 Å². The first kappa shape index (κ1) is 11.8. The van der Waals surface area contributed by atoms with Crippen molar-refractivity contribution >= 4 is 32.9 Å². The van der Waals surface area contributed by atoms with Gasteiger partial charge >= 0.3 is 0 Å². The van der Waals surface area contributed by atoms with E-state index in [9.17, 15) is 0 Å². The van der Waals surface area contributed by atoms with Crippen LogP contribution in [0.25, 0.3) is 10.2 Å². The Kier molecular flexibility index (Phi) is 3.41. The Labute approximate surface area is 114 Å². The molecule has 0 bridgehead atoms. The van der Waals surface area contributed by atoms with Crippen molar-refractivity contribution in [3.8, 4) is 0 Å². The number of para-hydroxylation sites is 1. The van der Waals surface area contributed by atoms with Crippen molar-refractivity contribution in [2.45, 2.75) is 19.5 Å². The third kappa shape index (κ3) is 2.46. The van der Waals surface area contributed by atoms with E-state index in [0.29, 0.717) is 6.04 Å². The van der Waals surface area contributed by atoms with E-state index in [-0.39, 0.29) is 0 Å². The molecular weight excluding hydrogens is 260 g/mol. The number of benzene rings is 1. The Balaban J connectivity index is 1.73. The third-order valence-electron chi connectivity index (χ3n) is 2.87. The molecule has 2 nitrogen and oxygen atoms in total. The molecule has 1 N–H and O–H groups in total. The average Bonchev–Trinajstić information content (AvgIpc) is 3.04. The average molecular weight is 274 g/mol. The van der Waals surface area contributed by atoms with Gasteiger partial charge in [0.1, 0.15) is 5.01 Å². The summed E-state index contributed by atoms with van der Waals surface area (Å²) in [6.45, 7) is 3.07. The zero-order valence-electron chi connectivity index (χ0n) is 10.1. The predicted molar refractivity (Wildman–Crippen MR) is 79.2 cm³/mol. The molecule has 1 aromatic carbocycles. The largest absolute Gasteiger partial charge is 0.304 e. The zero-order chi connectivity index (χ0) is 12.4. The second kappa shape index (κ2) is 5.18. The molecule has 3 aromatic rings. The summed E-state index contributed by atoms with van der Waals surface area (Å²) < 4.78 is 1.26. The van der Waals surface area contributed by atoms with Gasteiger partial charge in [0.2, 0.25) is 0 Å². The molecule has 0 aliphatic heterocycles. The smallest absolute Gasteiger partial charge is 0.111 e. The van der Waals surface area contributed by atoms with Crippen LogP contribution in [-0.4, -0.2) is 4.98 Å². The fourth-order valence-corrected chi connectivity index (χ4v) is 3.49. The maximum atomic E-state index is 4.67. The Morgan fingerprint density at radius 2 is 2.17 bits per heavy atom. The lowest BCUT2D eigenvalue weighted by Crippen LogP contribution is -2.17. The Hall–Kier alpha value is -1.23. The minimum absolute atomic E-state index is 0.294. The highest BCUT2D eigenvalue weighted by Gasteiger charge is 2.10. The normalized spacial score (nSPS) is 12.9. The Morgan fingerprint density at radius 3 is 2.94 bits per heavy atom. The molecule has 0 aliphatic carbocycles. The van der Waals surface area contributed by atoms with Crippen LogP contribution in [0.5, 0.6) is 0 Å². The van der Waals surface area contributed by atoms with Crippen LogP contribution in [0.3, 0.4) is 0 Å². The van der Waals surface area contributed by atoms with Gasteiger partial charge in [-0.05, 0) is 41.4 Å². The number of hydrogen-bond acceptors (Lipinski definition) is 4. The van der Waals surface area contributed by atoms with E-state index in [1.165, 1.54) is 10.3 Å². The molecule has 2 heterocycles. The van der Waals surface area contributed by atoms with E-state index in [1.807, 2.05) is 6.07 Å². The highest BCUT2D eigenvalue weighted by molar-refractivity contribution is 7.18. The fourth-order valence-electron chi connectivity index (χ4n) is 1.83. The molecule has 0 aliphatic rings. The quantitative estimate of drug-likeness (QED) is 0.771. The van der Waals surface area contributed by atoms with Crippen LogP contribution >= 0.6 is 22.7 Å². The van der Waals surface area contributed by atoms with Crippen molar-refractivity contribution in [3.05, 3.63) is 51.7 Å². The van der Waals surface area contributed by atoms with Crippen LogP contribution in [0, 0.1) is 0 Å². The molecule has 92 valence electrons. The van der Waals surface area contributed by atoms with Gasteiger partial charge in [-0.3, -0.25) is 0 Å². The van der Waals surface area contributed by atoms with Crippen LogP contribution in [0.1, 0.15) is 23.5 Å². The summed E-state index contributed by atoms with van der Waals surface area (Å²) in [5.74, 6) is 0. The number of rotatable bonds is 4. The second-order valence-electron chi connectivity index (χ2n) is 4.25. The molecule has 0 fully saturated rings. The van der Waals surface area contributed by atoms with Gasteiger partial charge in [0.25, 0.3) is 0 Å². The lowest BCUT2D eigenvalue weighted by molar-refractivity contribution is 0.573. The first-order chi connectivity index (χ1) is 8.83. The molecule has 0 radical (unpaired) electrons. The molecule has 0 saturated heterocycles. The van der Waals surface area contributed by atoms with Gasteiger partial charge in [0.15, 0.2) is 0 Å². The summed E-state index contributed by atoms with van der Waals surface area (Å²) >= 11 is 3.51. The number of aromatic nitrogens is 1. The predicted octanol–water partition coefficient (Wildman–Crippen LogP) is 4.21. The minimum Gasteiger partial charge on any atom is -0.304 e. The molecule has 3 rings (SSSR count). The van der Waals surface area contributed by atoms with Gasteiger partial charge in [-0.1, -0.05) is 12.1 Å². The Morgan fingerprint density at radius 1 is 1.28 bits per heavy atom. The van der Waals surface area contributed by atoms with Gasteiger partial charge in [0, 0.05) is 6.54 Å². The molecule has 1 unspecified atom stereocenters.